The minimum atomic E-state index is -0.383. The molecule has 1 amide bonds. The lowest BCUT2D eigenvalue weighted by molar-refractivity contribution is 0.0269. The van der Waals surface area contributed by atoms with Gasteiger partial charge >= 0.3 is 6.09 Å². The lowest BCUT2D eigenvalue weighted by atomic mass is 9.65. The van der Waals surface area contributed by atoms with Crippen LogP contribution < -0.4 is 5.32 Å². The number of methoxy groups -OCH3 is 1. The Hall–Kier alpha value is -0.770. The summed E-state index contributed by atoms with van der Waals surface area (Å²) in [6.07, 6.45) is 2.46. The molecule has 4 heteroatoms. The molecule has 94 valence electrons. The minimum Gasteiger partial charge on any atom is -0.453 e. The third-order valence-corrected chi connectivity index (χ3v) is 3.77. The van der Waals surface area contributed by atoms with Crippen molar-refractivity contribution in [3.05, 3.63) is 0 Å². The Bertz CT molecular complexity index is 249. The fourth-order valence-electron chi connectivity index (χ4n) is 2.40. The van der Waals surface area contributed by atoms with Crippen LogP contribution in [0.1, 0.15) is 46.5 Å². The molecular formula is C12H23NO3. The number of carbonyl (C=O) groups excluding carboxylic acids is 1. The summed E-state index contributed by atoms with van der Waals surface area (Å²) in [5, 5.41) is 12.5. The lowest BCUT2D eigenvalue weighted by Gasteiger charge is -2.48. The Labute approximate surface area is 97.4 Å². The van der Waals surface area contributed by atoms with Crippen molar-refractivity contribution in [3.8, 4) is 0 Å². The summed E-state index contributed by atoms with van der Waals surface area (Å²) in [5.74, 6) is 0. The number of alkyl carbamates (subject to hydrolysis) is 1. The molecule has 4 nitrogen and oxygen atoms in total. The van der Waals surface area contributed by atoms with Gasteiger partial charge in [0.1, 0.15) is 0 Å². The van der Waals surface area contributed by atoms with E-state index in [1.807, 2.05) is 0 Å². The molecule has 1 aliphatic rings. The van der Waals surface area contributed by atoms with Crippen LogP contribution in [-0.4, -0.2) is 30.0 Å². The normalized spacial score (nSPS) is 30.9. The van der Waals surface area contributed by atoms with E-state index in [2.05, 4.69) is 30.8 Å². The summed E-state index contributed by atoms with van der Waals surface area (Å²) in [6.45, 7) is 6.34. The molecule has 0 spiro atoms. The van der Waals surface area contributed by atoms with Crippen molar-refractivity contribution in [3.63, 3.8) is 0 Å². The van der Waals surface area contributed by atoms with E-state index >= 15 is 0 Å². The highest BCUT2D eigenvalue weighted by atomic mass is 16.5. The first-order valence-electron chi connectivity index (χ1n) is 5.85. The van der Waals surface area contributed by atoms with Gasteiger partial charge in [0.2, 0.25) is 0 Å². The third kappa shape index (κ3) is 2.67. The summed E-state index contributed by atoms with van der Waals surface area (Å²) in [5.41, 5.74) is -0.305. The van der Waals surface area contributed by atoms with Gasteiger partial charge in [-0.1, -0.05) is 20.8 Å². The number of hydrogen-bond donors (Lipinski definition) is 2. The van der Waals surface area contributed by atoms with Gasteiger partial charge < -0.3 is 15.2 Å². The standard InChI is InChI=1S/C12H23NO3/c1-11(2,3)12(13-10(15)16-4)7-5-9(14)6-8-12/h9,14H,5-8H2,1-4H3,(H,13,15). The van der Waals surface area contributed by atoms with Gasteiger partial charge in [-0.25, -0.2) is 4.79 Å². The Balaban J connectivity index is 2.82. The predicted molar refractivity (Wildman–Crippen MR) is 62.2 cm³/mol. The lowest BCUT2D eigenvalue weighted by Crippen LogP contribution is -2.59. The monoisotopic (exact) mass is 229 g/mol. The highest BCUT2D eigenvalue weighted by Gasteiger charge is 2.45. The second-order valence-electron chi connectivity index (χ2n) is 5.68. The van der Waals surface area contributed by atoms with Gasteiger partial charge in [0, 0.05) is 5.54 Å². The van der Waals surface area contributed by atoms with Crippen molar-refractivity contribution in [1.82, 2.24) is 5.32 Å². The van der Waals surface area contributed by atoms with Crippen LogP contribution in [0.3, 0.4) is 0 Å². The summed E-state index contributed by atoms with van der Waals surface area (Å²) in [7, 11) is 1.38. The minimum absolute atomic E-state index is 0.0403. The third-order valence-electron chi connectivity index (χ3n) is 3.77. The predicted octanol–water partition coefficient (Wildman–Crippen LogP) is 2.06. The van der Waals surface area contributed by atoms with Crippen LogP contribution in [0.15, 0.2) is 0 Å². The molecule has 0 heterocycles. The quantitative estimate of drug-likeness (QED) is 0.723. The van der Waals surface area contributed by atoms with Gasteiger partial charge in [0.25, 0.3) is 0 Å². The van der Waals surface area contributed by atoms with Crippen LogP contribution in [0.2, 0.25) is 0 Å². The SMILES string of the molecule is COC(=O)NC1(C(C)(C)C)CCC(O)CC1. The molecule has 1 aliphatic carbocycles. The Morgan fingerprint density at radius 1 is 1.38 bits per heavy atom. The molecule has 0 saturated heterocycles. The van der Waals surface area contributed by atoms with E-state index in [4.69, 9.17) is 0 Å². The first kappa shape index (κ1) is 13.3. The van der Waals surface area contributed by atoms with Crippen LogP contribution in [-0.2, 0) is 4.74 Å². The van der Waals surface area contributed by atoms with Gasteiger partial charge in [-0.05, 0) is 31.1 Å². The first-order chi connectivity index (χ1) is 7.31. The number of aliphatic hydroxyl groups excluding tert-OH is 1. The van der Waals surface area contributed by atoms with Crippen LogP contribution in [0, 0.1) is 5.41 Å². The number of aliphatic hydroxyl groups is 1. The Morgan fingerprint density at radius 3 is 2.25 bits per heavy atom. The van der Waals surface area contributed by atoms with Gasteiger partial charge in [0.05, 0.1) is 13.2 Å². The van der Waals surface area contributed by atoms with Crippen molar-refractivity contribution >= 4 is 6.09 Å². The summed E-state index contributed by atoms with van der Waals surface area (Å²) in [4.78, 5) is 11.4. The van der Waals surface area contributed by atoms with Crippen molar-refractivity contribution < 1.29 is 14.6 Å². The zero-order chi connectivity index (χ0) is 12.4. The van der Waals surface area contributed by atoms with Crippen molar-refractivity contribution in [2.45, 2.75) is 58.1 Å². The summed E-state index contributed by atoms with van der Waals surface area (Å²) >= 11 is 0. The number of nitrogens with one attached hydrogen (secondary N) is 1. The van der Waals surface area contributed by atoms with Crippen LogP contribution in [0.4, 0.5) is 4.79 Å². The van der Waals surface area contributed by atoms with Crippen molar-refractivity contribution in [1.29, 1.82) is 0 Å². The van der Waals surface area contributed by atoms with Crippen LogP contribution in [0.25, 0.3) is 0 Å². The number of rotatable bonds is 1. The molecular weight excluding hydrogens is 206 g/mol. The average Bonchev–Trinajstić information content (AvgIpc) is 2.20. The summed E-state index contributed by atoms with van der Waals surface area (Å²) in [6, 6.07) is 0. The highest BCUT2D eigenvalue weighted by molar-refractivity contribution is 5.68. The molecule has 0 aliphatic heterocycles. The smallest absolute Gasteiger partial charge is 0.407 e. The first-order valence-corrected chi connectivity index (χ1v) is 5.85. The van der Waals surface area contributed by atoms with E-state index < -0.39 is 0 Å². The van der Waals surface area contributed by atoms with Gasteiger partial charge in [-0.2, -0.15) is 0 Å². The average molecular weight is 229 g/mol. The number of amides is 1. The number of ether oxygens (including phenoxy) is 1. The Kier molecular flexibility index (Phi) is 3.84. The van der Waals surface area contributed by atoms with Gasteiger partial charge in [-0.3, -0.25) is 0 Å². The second-order valence-corrected chi connectivity index (χ2v) is 5.68. The van der Waals surface area contributed by atoms with Gasteiger partial charge in [0.15, 0.2) is 0 Å². The molecule has 1 fully saturated rings. The number of carbonyl (C=O) groups is 1. The molecule has 0 atom stereocenters. The zero-order valence-corrected chi connectivity index (χ0v) is 10.7. The Morgan fingerprint density at radius 2 is 1.88 bits per heavy atom. The van der Waals surface area contributed by atoms with Crippen LogP contribution in [0.5, 0.6) is 0 Å². The molecule has 16 heavy (non-hydrogen) atoms. The topological polar surface area (TPSA) is 58.6 Å². The van der Waals surface area contributed by atoms with E-state index in [-0.39, 0.29) is 23.2 Å². The highest BCUT2D eigenvalue weighted by Crippen LogP contribution is 2.42. The zero-order valence-electron chi connectivity index (χ0n) is 10.7. The molecule has 0 aromatic carbocycles. The maximum atomic E-state index is 11.4. The van der Waals surface area contributed by atoms with E-state index in [0.717, 1.165) is 25.7 Å². The number of hydrogen-bond acceptors (Lipinski definition) is 3. The maximum Gasteiger partial charge on any atom is 0.407 e. The molecule has 0 bridgehead atoms. The molecule has 0 unspecified atom stereocenters. The van der Waals surface area contributed by atoms with E-state index in [0.29, 0.717) is 0 Å². The maximum absolute atomic E-state index is 11.4. The van der Waals surface area contributed by atoms with Crippen molar-refractivity contribution in [2.75, 3.05) is 7.11 Å². The molecule has 2 N–H and O–H groups in total. The molecule has 1 rings (SSSR count). The largest absolute Gasteiger partial charge is 0.453 e. The van der Waals surface area contributed by atoms with E-state index in [9.17, 15) is 9.90 Å². The molecule has 0 aromatic heterocycles. The fraction of sp³-hybridized carbons (Fsp3) is 0.917. The van der Waals surface area contributed by atoms with Gasteiger partial charge in [-0.15, -0.1) is 0 Å². The summed E-state index contributed by atoms with van der Waals surface area (Å²) < 4.78 is 4.69. The van der Waals surface area contributed by atoms with Crippen LogP contribution >= 0.6 is 0 Å². The molecule has 0 radical (unpaired) electrons. The molecule has 0 aromatic rings. The fourth-order valence-corrected chi connectivity index (χ4v) is 2.40. The van der Waals surface area contributed by atoms with E-state index in [1.54, 1.807) is 0 Å². The second kappa shape index (κ2) is 4.62. The molecule has 1 saturated carbocycles. The van der Waals surface area contributed by atoms with Crippen molar-refractivity contribution in [2.24, 2.45) is 5.41 Å². The van der Waals surface area contributed by atoms with E-state index in [1.165, 1.54) is 7.11 Å².